The fourth-order valence-electron chi connectivity index (χ4n) is 3.88. The predicted molar refractivity (Wildman–Crippen MR) is 119 cm³/mol. The van der Waals surface area contributed by atoms with Crippen LogP contribution in [0.3, 0.4) is 0 Å². The molecule has 0 unspecified atom stereocenters. The molecule has 0 spiro atoms. The second-order valence-corrected chi connectivity index (χ2v) is 7.63. The Balaban J connectivity index is 1.57. The minimum atomic E-state index is 0.795. The van der Waals surface area contributed by atoms with Crippen molar-refractivity contribution in [1.29, 1.82) is 0 Å². The molecule has 6 nitrogen and oxygen atoms in total. The van der Waals surface area contributed by atoms with E-state index >= 15 is 0 Å². The Labute approximate surface area is 178 Å². The summed E-state index contributed by atoms with van der Waals surface area (Å²) in [6.45, 7) is 6.94. The van der Waals surface area contributed by atoms with E-state index in [0.717, 1.165) is 68.6 Å². The van der Waals surface area contributed by atoms with Crippen molar-refractivity contribution < 1.29 is 9.47 Å². The van der Waals surface area contributed by atoms with E-state index < -0.39 is 0 Å². The largest absolute Gasteiger partial charge is 0.497 e. The number of rotatable bonds is 8. The van der Waals surface area contributed by atoms with Crippen LogP contribution in [-0.2, 0) is 11.3 Å². The molecule has 1 saturated heterocycles. The minimum Gasteiger partial charge on any atom is -0.497 e. The number of ether oxygens (including phenoxy) is 2. The summed E-state index contributed by atoms with van der Waals surface area (Å²) in [6.07, 6.45) is 2.17. The Morgan fingerprint density at radius 1 is 0.900 bits per heavy atom. The summed E-state index contributed by atoms with van der Waals surface area (Å²) < 4.78 is 12.6. The van der Waals surface area contributed by atoms with Crippen molar-refractivity contribution in [3.63, 3.8) is 0 Å². The van der Waals surface area contributed by atoms with E-state index in [4.69, 9.17) is 14.6 Å². The fourth-order valence-corrected chi connectivity index (χ4v) is 3.88. The number of para-hydroxylation sites is 1. The third-order valence-electron chi connectivity index (χ3n) is 5.62. The maximum atomic E-state index is 5.44. The van der Waals surface area contributed by atoms with E-state index in [0.29, 0.717) is 0 Å². The Kier molecular flexibility index (Phi) is 6.79. The minimum absolute atomic E-state index is 0.795. The van der Waals surface area contributed by atoms with Gasteiger partial charge in [0.15, 0.2) is 0 Å². The van der Waals surface area contributed by atoms with Gasteiger partial charge in [-0.3, -0.25) is 9.80 Å². The van der Waals surface area contributed by atoms with Crippen LogP contribution in [0.5, 0.6) is 5.75 Å². The average molecular weight is 407 g/mol. The molecule has 0 atom stereocenters. The lowest BCUT2D eigenvalue weighted by Crippen LogP contribution is -2.46. The number of hydrogen-bond acceptors (Lipinski definition) is 5. The molecule has 1 aliphatic heterocycles. The van der Waals surface area contributed by atoms with Crippen molar-refractivity contribution in [2.45, 2.75) is 6.54 Å². The molecular formula is C24H30N4O2. The molecule has 1 fully saturated rings. The number of methoxy groups -OCH3 is 2. The van der Waals surface area contributed by atoms with Crippen molar-refractivity contribution in [2.24, 2.45) is 0 Å². The fraction of sp³-hybridized carbons (Fsp3) is 0.375. The summed E-state index contributed by atoms with van der Waals surface area (Å²) in [4.78, 5) is 4.98. The molecule has 0 saturated carbocycles. The average Bonchev–Trinajstić information content (AvgIpc) is 3.23. The monoisotopic (exact) mass is 406 g/mol. The van der Waals surface area contributed by atoms with Gasteiger partial charge in [0.2, 0.25) is 0 Å². The van der Waals surface area contributed by atoms with Gasteiger partial charge in [-0.2, -0.15) is 5.10 Å². The van der Waals surface area contributed by atoms with Gasteiger partial charge >= 0.3 is 0 Å². The molecule has 3 aromatic rings. The standard InChI is InChI=1S/C24H30N4O2/c1-29-16-15-26-11-13-27(14-12-26)18-21-19-28(22-8-4-3-5-9-22)25-24(21)20-7-6-10-23(17-20)30-2/h3-10,17,19H,11-16,18H2,1-2H3. The SMILES string of the molecule is COCCN1CCN(Cc2cn(-c3ccccc3)nc2-c2cccc(OC)c2)CC1. The molecular weight excluding hydrogens is 376 g/mol. The van der Waals surface area contributed by atoms with Crippen molar-refractivity contribution in [3.8, 4) is 22.7 Å². The van der Waals surface area contributed by atoms with Gasteiger partial charge in [-0.05, 0) is 24.3 Å². The molecule has 30 heavy (non-hydrogen) atoms. The first-order valence-corrected chi connectivity index (χ1v) is 10.5. The lowest BCUT2D eigenvalue weighted by atomic mass is 10.1. The van der Waals surface area contributed by atoms with Crippen LogP contribution in [0.1, 0.15) is 5.56 Å². The zero-order valence-corrected chi connectivity index (χ0v) is 17.8. The molecule has 0 N–H and O–H groups in total. The smallest absolute Gasteiger partial charge is 0.119 e. The number of piperazine rings is 1. The molecule has 6 heteroatoms. The van der Waals surface area contributed by atoms with Crippen LogP contribution < -0.4 is 4.74 Å². The first-order chi connectivity index (χ1) is 14.8. The Morgan fingerprint density at radius 3 is 2.40 bits per heavy atom. The van der Waals surface area contributed by atoms with Crippen LogP contribution in [-0.4, -0.2) is 73.1 Å². The number of aromatic nitrogens is 2. The summed E-state index contributed by atoms with van der Waals surface area (Å²) >= 11 is 0. The van der Waals surface area contributed by atoms with Crippen LogP contribution in [0, 0.1) is 0 Å². The van der Waals surface area contributed by atoms with Gasteiger partial charge in [-0.1, -0.05) is 30.3 Å². The van der Waals surface area contributed by atoms with Gasteiger partial charge in [0, 0.05) is 63.7 Å². The van der Waals surface area contributed by atoms with Gasteiger partial charge in [-0.25, -0.2) is 4.68 Å². The quantitative estimate of drug-likeness (QED) is 0.574. The molecule has 2 aromatic carbocycles. The molecule has 4 rings (SSSR count). The van der Waals surface area contributed by atoms with Crippen LogP contribution in [0.2, 0.25) is 0 Å². The van der Waals surface area contributed by atoms with Crippen LogP contribution in [0.15, 0.2) is 60.8 Å². The molecule has 1 aromatic heterocycles. The van der Waals surface area contributed by atoms with Crippen molar-refractivity contribution in [2.75, 3.05) is 53.6 Å². The van der Waals surface area contributed by atoms with Crippen molar-refractivity contribution >= 4 is 0 Å². The van der Waals surface area contributed by atoms with Crippen molar-refractivity contribution in [1.82, 2.24) is 19.6 Å². The number of nitrogens with zero attached hydrogens (tertiary/aromatic N) is 4. The maximum Gasteiger partial charge on any atom is 0.119 e. The van der Waals surface area contributed by atoms with Gasteiger partial charge < -0.3 is 9.47 Å². The van der Waals surface area contributed by atoms with Gasteiger partial charge in [0.05, 0.1) is 25.1 Å². The Bertz CT molecular complexity index is 933. The van der Waals surface area contributed by atoms with Crippen LogP contribution >= 0.6 is 0 Å². The van der Waals surface area contributed by atoms with Crippen LogP contribution in [0.25, 0.3) is 16.9 Å². The van der Waals surface area contributed by atoms with E-state index in [1.54, 1.807) is 14.2 Å². The lowest BCUT2D eigenvalue weighted by Gasteiger charge is -2.34. The Morgan fingerprint density at radius 2 is 1.67 bits per heavy atom. The lowest BCUT2D eigenvalue weighted by molar-refractivity contribution is 0.0939. The topological polar surface area (TPSA) is 42.8 Å². The second-order valence-electron chi connectivity index (χ2n) is 7.63. The molecule has 1 aliphatic rings. The number of hydrogen-bond donors (Lipinski definition) is 0. The third-order valence-corrected chi connectivity index (χ3v) is 5.62. The Hall–Kier alpha value is -2.67. The van der Waals surface area contributed by atoms with E-state index in [1.165, 1.54) is 5.56 Å². The zero-order valence-electron chi connectivity index (χ0n) is 17.8. The molecule has 0 aliphatic carbocycles. The normalized spacial score (nSPS) is 15.4. The summed E-state index contributed by atoms with van der Waals surface area (Å²) in [5.41, 5.74) is 4.40. The molecule has 2 heterocycles. The summed E-state index contributed by atoms with van der Waals surface area (Å²) in [5.74, 6) is 0.847. The maximum absolute atomic E-state index is 5.44. The van der Waals surface area contributed by atoms with Gasteiger partial charge in [-0.15, -0.1) is 0 Å². The molecule has 0 bridgehead atoms. The van der Waals surface area contributed by atoms with E-state index in [-0.39, 0.29) is 0 Å². The zero-order chi connectivity index (χ0) is 20.8. The molecule has 0 amide bonds. The number of benzene rings is 2. The highest BCUT2D eigenvalue weighted by atomic mass is 16.5. The first-order valence-electron chi connectivity index (χ1n) is 10.5. The molecule has 158 valence electrons. The highest BCUT2D eigenvalue weighted by molar-refractivity contribution is 5.65. The van der Waals surface area contributed by atoms with Crippen molar-refractivity contribution in [3.05, 3.63) is 66.4 Å². The summed E-state index contributed by atoms with van der Waals surface area (Å²) in [6, 6.07) is 18.4. The third kappa shape index (κ3) is 4.90. The van der Waals surface area contributed by atoms with E-state index in [9.17, 15) is 0 Å². The van der Waals surface area contributed by atoms with E-state index in [2.05, 4.69) is 40.3 Å². The van der Waals surface area contributed by atoms with Gasteiger partial charge in [0.25, 0.3) is 0 Å². The predicted octanol–water partition coefficient (Wildman–Crippen LogP) is 3.31. The summed E-state index contributed by atoms with van der Waals surface area (Å²) in [7, 11) is 3.46. The highest BCUT2D eigenvalue weighted by Gasteiger charge is 2.20. The summed E-state index contributed by atoms with van der Waals surface area (Å²) in [5, 5.41) is 4.95. The van der Waals surface area contributed by atoms with E-state index in [1.807, 2.05) is 35.0 Å². The first kappa shape index (κ1) is 20.6. The second kappa shape index (κ2) is 9.89. The molecule has 0 radical (unpaired) electrons. The highest BCUT2D eigenvalue weighted by Crippen LogP contribution is 2.28. The van der Waals surface area contributed by atoms with Crippen LogP contribution in [0.4, 0.5) is 0 Å². The van der Waals surface area contributed by atoms with Gasteiger partial charge in [0.1, 0.15) is 5.75 Å².